The number of anilines is 3. The van der Waals surface area contributed by atoms with E-state index in [9.17, 15) is 4.79 Å². The number of carbonyl (C=O) groups is 1. The quantitative estimate of drug-likeness (QED) is 0.753. The van der Waals surface area contributed by atoms with Crippen LogP contribution in [0.5, 0.6) is 0 Å². The number of carbonyl (C=O) groups excluding carboxylic acids is 1. The van der Waals surface area contributed by atoms with Gasteiger partial charge in [-0.25, -0.2) is 9.97 Å². The highest BCUT2D eigenvalue weighted by molar-refractivity contribution is 6.31. The number of hydrogen-bond donors (Lipinski definition) is 1. The van der Waals surface area contributed by atoms with E-state index in [1.165, 1.54) is 12.4 Å². The lowest BCUT2D eigenvalue weighted by molar-refractivity contribution is 0.102. The molecule has 126 valence electrons. The number of benzene rings is 2. The predicted molar refractivity (Wildman–Crippen MR) is 101 cm³/mol. The summed E-state index contributed by atoms with van der Waals surface area (Å²) in [5.41, 5.74) is 2.83. The van der Waals surface area contributed by atoms with Crippen LogP contribution < -0.4 is 10.2 Å². The summed E-state index contributed by atoms with van der Waals surface area (Å²) >= 11 is 6.08. The van der Waals surface area contributed by atoms with Crippen LogP contribution in [-0.2, 0) is 0 Å². The fourth-order valence-corrected chi connectivity index (χ4v) is 2.49. The molecule has 0 aliphatic carbocycles. The number of nitrogens with zero attached hydrogens (tertiary/aromatic N) is 3. The predicted octanol–water partition coefficient (Wildman–Crippen LogP) is 4.46. The van der Waals surface area contributed by atoms with Crippen LogP contribution in [-0.4, -0.2) is 22.9 Å². The van der Waals surface area contributed by atoms with Crippen molar-refractivity contribution in [2.75, 3.05) is 17.3 Å². The molecule has 1 N–H and O–H groups in total. The third-order valence-electron chi connectivity index (χ3n) is 3.86. The molecule has 2 aromatic carbocycles. The first-order valence-corrected chi connectivity index (χ1v) is 8.11. The molecule has 0 fully saturated rings. The zero-order valence-corrected chi connectivity index (χ0v) is 14.7. The van der Waals surface area contributed by atoms with Crippen LogP contribution in [0.3, 0.4) is 0 Å². The molecule has 6 heteroatoms. The van der Waals surface area contributed by atoms with E-state index in [0.717, 1.165) is 11.3 Å². The molecule has 3 rings (SSSR count). The molecule has 0 radical (unpaired) electrons. The molecule has 0 atom stereocenters. The van der Waals surface area contributed by atoms with Crippen LogP contribution in [0.25, 0.3) is 0 Å². The molecule has 0 saturated carbocycles. The molecule has 0 spiro atoms. The van der Waals surface area contributed by atoms with E-state index >= 15 is 0 Å². The van der Waals surface area contributed by atoms with Gasteiger partial charge in [-0.3, -0.25) is 4.79 Å². The fraction of sp³-hybridized carbons (Fsp3) is 0.105. The van der Waals surface area contributed by atoms with Gasteiger partial charge in [0.25, 0.3) is 5.91 Å². The molecule has 1 aromatic heterocycles. The van der Waals surface area contributed by atoms with E-state index in [1.54, 1.807) is 18.2 Å². The average Bonchev–Trinajstić information content (AvgIpc) is 2.65. The highest BCUT2D eigenvalue weighted by Crippen LogP contribution is 2.23. The van der Waals surface area contributed by atoms with Crippen molar-refractivity contribution in [2.45, 2.75) is 6.92 Å². The Hall–Kier alpha value is -2.92. The maximum Gasteiger partial charge on any atom is 0.258 e. The molecule has 1 heterocycles. The zero-order valence-electron chi connectivity index (χ0n) is 13.9. The third-order valence-corrected chi connectivity index (χ3v) is 4.27. The third kappa shape index (κ3) is 3.78. The molecule has 25 heavy (non-hydrogen) atoms. The van der Waals surface area contributed by atoms with Gasteiger partial charge in [0.15, 0.2) is 0 Å². The first kappa shape index (κ1) is 16.9. The second-order valence-electron chi connectivity index (χ2n) is 5.53. The Morgan fingerprint density at radius 1 is 1.04 bits per heavy atom. The lowest BCUT2D eigenvalue weighted by atomic mass is 10.2. The van der Waals surface area contributed by atoms with E-state index in [4.69, 9.17) is 11.6 Å². The van der Waals surface area contributed by atoms with Gasteiger partial charge in [-0.2, -0.15) is 0 Å². The highest BCUT2D eigenvalue weighted by Gasteiger charge is 2.12. The average molecular weight is 353 g/mol. The molecular formula is C19H17ClN4O. The van der Waals surface area contributed by atoms with Gasteiger partial charge in [-0.15, -0.1) is 0 Å². The topological polar surface area (TPSA) is 58.1 Å². The molecule has 0 aliphatic rings. The molecule has 0 bridgehead atoms. The van der Waals surface area contributed by atoms with Crippen molar-refractivity contribution < 1.29 is 4.79 Å². The summed E-state index contributed by atoms with van der Waals surface area (Å²) in [4.78, 5) is 22.8. The van der Waals surface area contributed by atoms with Crippen molar-refractivity contribution in [3.63, 3.8) is 0 Å². The van der Waals surface area contributed by atoms with Crippen molar-refractivity contribution in [1.82, 2.24) is 9.97 Å². The van der Waals surface area contributed by atoms with Crippen LogP contribution in [0.4, 0.5) is 17.3 Å². The Balaban J connectivity index is 1.76. The van der Waals surface area contributed by atoms with Gasteiger partial charge in [0.2, 0.25) is 5.95 Å². The summed E-state index contributed by atoms with van der Waals surface area (Å²) in [6, 6.07) is 15.1. The van der Waals surface area contributed by atoms with Crippen LogP contribution in [0.1, 0.15) is 15.9 Å². The Bertz CT molecular complexity index is 882. The summed E-state index contributed by atoms with van der Waals surface area (Å²) in [5.74, 6) is 0.237. The molecule has 0 aliphatic heterocycles. The minimum atomic E-state index is -0.278. The molecule has 1 amide bonds. The number of hydrogen-bond acceptors (Lipinski definition) is 4. The smallest absolute Gasteiger partial charge is 0.258 e. The van der Waals surface area contributed by atoms with Crippen molar-refractivity contribution in [3.8, 4) is 0 Å². The maximum atomic E-state index is 12.4. The SMILES string of the molecule is Cc1c(Cl)cccc1NC(=O)c1cnc(N(C)c2ccccc2)nc1. The summed E-state index contributed by atoms with van der Waals surface area (Å²) in [7, 11) is 1.87. The summed E-state index contributed by atoms with van der Waals surface area (Å²) in [6.07, 6.45) is 3.02. The fourth-order valence-electron chi connectivity index (χ4n) is 2.32. The van der Waals surface area contributed by atoms with Crippen molar-refractivity contribution in [2.24, 2.45) is 0 Å². The monoisotopic (exact) mass is 352 g/mol. The second-order valence-corrected chi connectivity index (χ2v) is 5.94. The van der Waals surface area contributed by atoms with E-state index in [1.807, 2.05) is 49.2 Å². The molecule has 3 aromatic rings. The zero-order chi connectivity index (χ0) is 17.8. The summed E-state index contributed by atoms with van der Waals surface area (Å²) in [6.45, 7) is 1.85. The summed E-state index contributed by atoms with van der Waals surface area (Å²) < 4.78 is 0. The van der Waals surface area contributed by atoms with Gasteiger partial charge < -0.3 is 10.2 Å². The molecular weight excluding hydrogens is 336 g/mol. The van der Waals surface area contributed by atoms with Gasteiger partial charge >= 0.3 is 0 Å². The lowest BCUT2D eigenvalue weighted by Gasteiger charge is -2.17. The normalized spacial score (nSPS) is 10.4. The Kier molecular flexibility index (Phi) is 4.95. The van der Waals surface area contributed by atoms with E-state index in [-0.39, 0.29) is 5.91 Å². The standard InChI is InChI=1S/C19H17ClN4O/c1-13-16(20)9-6-10-17(13)23-18(25)14-11-21-19(22-12-14)24(2)15-7-4-3-5-8-15/h3-12H,1-2H3,(H,23,25). The summed E-state index contributed by atoms with van der Waals surface area (Å²) in [5, 5.41) is 3.44. The van der Waals surface area contributed by atoms with E-state index in [2.05, 4.69) is 15.3 Å². The number of amides is 1. The first-order valence-electron chi connectivity index (χ1n) is 7.73. The lowest BCUT2D eigenvalue weighted by Crippen LogP contribution is -2.16. The Morgan fingerprint density at radius 3 is 2.40 bits per heavy atom. The van der Waals surface area contributed by atoms with Crippen LogP contribution in [0.2, 0.25) is 5.02 Å². The Labute approximate surface area is 151 Å². The van der Waals surface area contributed by atoms with Gasteiger partial charge in [0, 0.05) is 35.8 Å². The van der Waals surface area contributed by atoms with Gasteiger partial charge in [0.05, 0.1) is 5.56 Å². The number of halogens is 1. The molecule has 0 saturated heterocycles. The number of aromatic nitrogens is 2. The number of para-hydroxylation sites is 1. The number of nitrogens with one attached hydrogen (secondary N) is 1. The van der Waals surface area contributed by atoms with Gasteiger partial charge in [0.1, 0.15) is 0 Å². The van der Waals surface area contributed by atoms with E-state index < -0.39 is 0 Å². The van der Waals surface area contributed by atoms with Crippen molar-refractivity contribution in [1.29, 1.82) is 0 Å². The Morgan fingerprint density at radius 2 is 1.72 bits per heavy atom. The van der Waals surface area contributed by atoms with Crippen LogP contribution in [0, 0.1) is 6.92 Å². The largest absolute Gasteiger partial charge is 0.322 e. The van der Waals surface area contributed by atoms with Crippen LogP contribution in [0.15, 0.2) is 60.9 Å². The minimum absolute atomic E-state index is 0.278. The van der Waals surface area contributed by atoms with Gasteiger partial charge in [-0.05, 0) is 36.8 Å². The van der Waals surface area contributed by atoms with Crippen molar-refractivity contribution in [3.05, 3.63) is 77.1 Å². The van der Waals surface area contributed by atoms with Crippen molar-refractivity contribution >= 4 is 34.8 Å². The minimum Gasteiger partial charge on any atom is -0.322 e. The second kappa shape index (κ2) is 7.32. The first-order chi connectivity index (χ1) is 12.1. The number of rotatable bonds is 4. The molecule has 0 unspecified atom stereocenters. The molecule has 5 nitrogen and oxygen atoms in total. The van der Waals surface area contributed by atoms with E-state index in [0.29, 0.717) is 22.2 Å². The van der Waals surface area contributed by atoms with Gasteiger partial charge in [-0.1, -0.05) is 35.9 Å². The highest BCUT2D eigenvalue weighted by atomic mass is 35.5. The maximum absolute atomic E-state index is 12.4. The van der Waals surface area contributed by atoms with Crippen LogP contribution >= 0.6 is 11.6 Å².